The van der Waals surface area contributed by atoms with Crippen LogP contribution in [0.1, 0.15) is 0 Å². The van der Waals surface area contributed by atoms with E-state index in [1.165, 1.54) is 36.4 Å². The van der Waals surface area contributed by atoms with Crippen LogP contribution in [-0.4, -0.2) is 4.92 Å². The molecule has 0 radical (unpaired) electrons. The summed E-state index contributed by atoms with van der Waals surface area (Å²) in [6.45, 7) is 0. The van der Waals surface area contributed by atoms with Gasteiger partial charge in [-0.2, -0.15) is 4.39 Å². The third-order valence-electron chi connectivity index (χ3n) is 3.69. The predicted molar refractivity (Wildman–Crippen MR) is 100 cm³/mol. The van der Waals surface area contributed by atoms with Gasteiger partial charge in [0.2, 0.25) is 5.82 Å². The Bertz CT molecular complexity index is 1030. The number of anilines is 3. The maximum absolute atomic E-state index is 14.6. The molecule has 138 valence electrons. The number of rotatable bonds is 4. The van der Waals surface area contributed by atoms with E-state index in [9.17, 15) is 27.7 Å². The first kappa shape index (κ1) is 19.1. The van der Waals surface area contributed by atoms with Crippen LogP contribution in [0, 0.1) is 37.0 Å². The summed E-state index contributed by atoms with van der Waals surface area (Å²) in [5.74, 6) is -5.70. The molecule has 0 aliphatic rings. The van der Waals surface area contributed by atoms with E-state index in [1.54, 1.807) is 6.07 Å². The summed E-state index contributed by atoms with van der Waals surface area (Å²) in [6.07, 6.45) is 0. The summed E-state index contributed by atoms with van der Waals surface area (Å²) in [7, 11) is 0. The highest BCUT2D eigenvalue weighted by Gasteiger charge is 2.34. The lowest BCUT2D eigenvalue weighted by Gasteiger charge is -2.26. The molecule has 3 aromatic carbocycles. The Balaban J connectivity index is 2.42. The Morgan fingerprint density at radius 3 is 2.15 bits per heavy atom. The van der Waals surface area contributed by atoms with Gasteiger partial charge in [0.05, 0.1) is 10.6 Å². The molecule has 0 amide bonds. The second-order valence-corrected chi connectivity index (χ2v) is 6.62. The number of hydrogen-bond acceptors (Lipinski definition) is 3. The largest absolute Gasteiger partial charge is 0.331 e. The lowest BCUT2D eigenvalue weighted by molar-refractivity contribution is -0.386. The van der Waals surface area contributed by atoms with Gasteiger partial charge in [-0.1, -0.05) is 18.2 Å². The molecule has 0 saturated carbocycles. The lowest BCUT2D eigenvalue weighted by atomic mass is 10.1. The standard InChI is InChI=1S/C18H9F4IN2O2/c19-12-8-10(23)6-7-15(12)24(11-4-2-1-3-5-11)18-16(22)13(20)9-14(21)17(18)25(26)27/h1-9H. The normalized spacial score (nSPS) is 10.7. The molecule has 3 aromatic rings. The fourth-order valence-electron chi connectivity index (χ4n) is 2.58. The molecule has 0 aliphatic carbocycles. The topological polar surface area (TPSA) is 46.4 Å². The lowest BCUT2D eigenvalue weighted by Crippen LogP contribution is -2.17. The number of para-hydroxylation sites is 1. The molecular formula is C18H9F4IN2O2. The van der Waals surface area contributed by atoms with Gasteiger partial charge in [0.15, 0.2) is 17.3 Å². The average molecular weight is 488 g/mol. The average Bonchev–Trinajstić information content (AvgIpc) is 2.61. The maximum atomic E-state index is 14.6. The van der Waals surface area contributed by atoms with Crippen LogP contribution in [0.3, 0.4) is 0 Å². The first-order valence-corrected chi connectivity index (χ1v) is 8.51. The third-order valence-corrected chi connectivity index (χ3v) is 4.36. The maximum Gasteiger partial charge on any atom is 0.331 e. The second-order valence-electron chi connectivity index (χ2n) is 5.38. The molecule has 27 heavy (non-hydrogen) atoms. The molecule has 9 heteroatoms. The minimum Gasteiger partial charge on any atom is -0.299 e. The molecule has 0 aromatic heterocycles. The SMILES string of the molecule is O=[N+]([O-])c1c(F)cc(F)c(F)c1N(c1ccccc1)c1ccc(I)cc1F. The van der Waals surface area contributed by atoms with Crippen LogP contribution >= 0.6 is 22.6 Å². The molecule has 0 aliphatic heterocycles. The Morgan fingerprint density at radius 1 is 0.889 bits per heavy atom. The van der Waals surface area contributed by atoms with Crippen molar-refractivity contribution < 1.29 is 22.5 Å². The van der Waals surface area contributed by atoms with E-state index < -0.39 is 39.6 Å². The highest BCUT2D eigenvalue weighted by molar-refractivity contribution is 14.1. The smallest absolute Gasteiger partial charge is 0.299 e. The van der Waals surface area contributed by atoms with Gasteiger partial charge in [-0.3, -0.25) is 15.0 Å². The van der Waals surface area contributed by atoms with Crippen molar-refractivity contribution in [3.05, 3.63) is 91.6 Å². The van der Waals surface area contributed by atoms with E-state index in [0.717, 1.165) is 11.0 Å². The summed E-state index contributed by atoms with van der Waals surface area (Å²) >= 11 is 1.85. The fourth-order valence-corrected chi connectivity index (χ4v) is 3.03. The monoisotopic (exact) mass is 488 g/mol. The Hall–Kier alpha value is -2.69. The van der Waals surface area contributed by atoms with E-state index in [2.05, 4.69) is 0 Å². The van der Waals surface area contributed by atoms with Crippen molar-refractivity contribution in [3.63, 3.8) is 0 Å². The zero-order valence-electron chi connectivity index (χ0n) is 13.3. The molecule has 0 bridgehead atoms. The van der Waals surface area contributed by atoms with Gasteiger partial charge in [0.25, 0.3) is 0 Å². The van der Waals surface area contributed by atoms with E-state index >= 15 is 0 Å². The van der Waals surface area contributed by atoms with Gasteiger partial charge in [0.1, 0.15) is 5.82 Å². The predicted octanol–water partition coefficient (Wildman–Crippen LogP) is 6.23. The molecule has 0 saturated heterocycles. The fraction of sp³-hybridized carbons (Fsp3) is 0. The van der Waals surface area contributed by atoms with Gasteiger partial charge in [-0.05, 0) is 52.9 Å². The molecule has 0 N–H and O–H groups in total. The highest BCUT2D eigenvalue weighted by Crippen LogP contribution is 2.44. The number of nitro benzene ring substituents is 1. The van der Waals surface area contributed by atoms with Crippen molar-refractivity contribution >= 4 is 45.3 Å². The van der Waals surface area contributed by atoms with Crippen LogP contribution in [0.15, 0.2) is 54.6 Å². The van der Waals surface area contributed by atoms with E-state index in [1.807, 2.05) is 22.6 Å². The molecule has 4 nitrogen and oxygen atoms in total. The molecule has 0 spiro atoms. The van der Waals surface area contributed by atoms with Crippen LogP contribution in [-0.2, 0) is 0 Å². The van der Waals surface area contributed by atoms with E-state index in [0.29, 0.717) is 3.57 Å². The van der Waals surface area contributed by atoms with E-state index in [-0.39, 0.29) is 17.4 Å². The third kappa shape index (κ3) is 3.59. The van der Waals surface area contributed by atoms with Crippen LogP contribution in [0.2, 0.25) is 0 Å². The Morgan fingerprint density at radius 2 is 1.56 bits per heavy atom. The Labute approximate surface area is 164 Å². The zero-order chi connectivity index (χ0) is 19.7. The molecule has 0 heterocycles. The van der Waals surface area contributed by atoms with Gasteiger partial charge >= 0.3 is 5.69 Å². The molecule has 0 atom stereocenters. The van der Waals surface area contributed by atoms with Crippen LogP contribution < -0.4 is 4.90 Å². The molecule has 0 unspecified atom stereocenters. The number of hydrogen-bond donors (Lipinski definition) is 0. The van der Waals surface area contributed by atoms with Gasteiger partial charge in [0, 0.05) is 15.3 Å². The molecule has 0 fully saturated rings. The number of nitro groups is 1. The molecule has 3 rings (SSSR count). The summed E-state index contributed by atoms with van der Waals surface area (Å²) in [6, 6.07) is 11.4. The van der Waals surface area contributed by atoms with Crippen molar-refractivity contribution in [1.82, 2.24) is 0 Å². The summed E-state index contributed by atoms with van der Waals surface area (Å²) < 4.78 is 57.8. The van der Waals surface area contributed by atoms with Crippen LogP contribution in [0.4, 0.5) is 40.3 Å². The van der Waals surface area contributed by atoms with E-state index in [4.69, 9.17) is 0 Å². The molecular weight excluding hydrogens is 479 g/mol. The van der Waals surface area contributed by atoms with Crippen LogP contribution in [0.25, 0.3) is 0 Å². The minimum atomic E-state index is -1.66. The quantitative estimate of drug-likeness (QED) is 0.144. The first-order chi connectivity index (χ1) is 12.8. The Kier molecular flexibility index (Phi) is 5.31. The minimum absolute atomic E-state index is 0.0876. The van der Waals surface area contributed by atoms with Crippen molar-refractivity contribution in [2.45, 2.75) is 0 Å². The second kappa shape index (κ2) is 7.51. The summed E-state index contributed by atoms with van der Waals surface area (Å²) in [5, 5.41) is 11.4. The van der Waals surface area contributed by atoms with Gasteiger partial charge in [-0.25, -0.2) is 13.2 Å². The number of halogens is 5. The van der Waals surface area contributed by atoms with Gasteiger partial charge in [-0.15, -0.1) is 0 Å². The number of nitrogens with zero attached hydrogens (tertiary/aromatic N) is 2. The summed E-state index contributed by atoms with van der Waals surface area (Å²) in [4.78, 5) is 11.0. The van der Waals surface area contributed by atoms with Crippen molar-refractivity contribution in [2.75, 3.05) is 4.90 Å². The summed E-state index contributed by atoms with van der Waals surface area (Å²) in [5.41, 5.74) is -2.53. The van der Waals surface area contributed by atoms with Gasteiger partial charge < -0.3 is 0 Å². The zero-order valence-corrected chi connectivity index (χ0v) is 15.5. The van der Waals surface area contributed by atoms with Crippen LogP contribution in [0.5, 0.6) is 0 Å². The van der Waals surface area contributed by atoms with Crippen molar-refractivity contribution in [3.8, 4) is 0 Å². The van der Waals surface area contributed by atoms with Crippen molar-refractivity contribution in [2.24, 2.45) is 0 Å². The first-order valence-electron chi connectivity index (χ1n) is 7.43. The van der Waals surface area contributed by atoms with Crippen molar-refractivity contribution in [1.29, 1.82) is 0 Å². The highest BCUT2D eigenvalue weighted by atomic mass is 127. The number of benzene rings is 3.